The second-order valence-corrected chi connectivity index (χ2v) is 4.41. The van der Waals surface area contributed by atoms with E-state index in [4.69, 9.17) is 11.0 Å². The molecular formula is C15H16N4. The Labute approximate surface area is 113 Å². The Morgan fingerprint density at radius 2 is 2.05 bits per heavy atom. The van der Waals surface area contributed by atoms with Gasteiger partial charge in [-0.05, 0) is 18.1 Å². The highest BCUT2D eigenvalue weighted by Crippen LogP contribution is 2.18. The Morgan fingerprint density at radius 1 is 1.32 bits per heavy atom. The van der Waals surface area contributed by atoms with Crippen LogP contribution in [-0.2, 0) is 6.42 Å². The predicted octanol–water partition coefficient (Wildman–Crippen LogP) is 2.21. The van der Waals surface area contributed by atoms with Gasteiger partial charge < -0.3 is 10.6 Å². The van der Waals surface area contributed by atoms with Crippen LogP contribution in [0.2, 0.25) is 0 Å². The Hall–Kier alpha value is -2.54. The average molecular weight is 252 g/mol. The zero-order valence-electron chi connectivity index (χ0n) is 10.9. The number of aromatic nitrogens is 1. The molecule has 2 aromatic rings. The van der Waals surface area contributed by atoms with Crippen LogP contribution in [-0.4, -0.2) is 18.6 Å². The summed E-state index contributed by atoms with van der Waals surface area (Å²) in [6.07, 6.45) is 2.49. The number of likely N-dealkylation sites (N-methyl/N-ethyl adjacent to an activating group) is 1. The molecule has 19 heavy (non-hydrogen) atoms. The molecule has 0 saturated carbocycles. The fourth-order valence-corrected chi connectivity index (χ4v) is 1.91. The van der Waals surface area contributed by atoms with Gasteiger partial charge in [0.05, 0.1) is 17.4 Å². The molecule has 0 spiro atoms. The average Bonchev–Trinajstić information content (AvgIpc) is 2.45. The zero-order chi connectivity index (χ0) is 13.7. The molecule has 4 heteroatoms. The number of anilines is 2. The summed E-state index contributed by atoms with van der Waals surface area (Å²) in [7, 11) is 1.93. The van der Waals surface area contributed by atoms with Crippen LogP contribution in [0.15, 0.2) is 42.6 Å². The van der Waals surface area contributed by atoms with Crippen molar-refractivity contribution in [3.05, 3.63) is 53.7 Å². The standard InChI is InChI=1S/C15H16N4/c1-19(8-7-12-5-3-2-4-6-12)15-13(10-16)9-14(17)11-18-15/h2-6,9,11H,7-8,17H2,1H3. The van der Waals surface area contributed by atoms with Gasteiger partial charge in [-0.25, -0.2) is 4.98 Å². The van der Waals surface area contributed by atoms with Crippen molar-refractivity contribution in [1.82, 2.24) is 4.98 Å². The first-order valence-electron chi connectivity index (χ1n) is 6.11. The van der Waals surface area contributed by atoms with E-state index < -0.39 is 0 Å². The first-order chi connectivity index (χ1) is 9.20. The van der Waals surface area contributed by atoms with Crippen LogP contribution in [0.3, 0.4) is 0 Å². The zero-order valence-corrected chi connectivity index (χ0v) is 10.9. The number of rotatable bonds is 4. The quantitative estimate of drug-likeness (QED) is 0.906. The number of hydrogen-bond acceptors (Lipinski definition) is 4. The molecule has 0 atom stereocenters. The summed E-state index contributed by atoms with van der Waals surface area (Å²) in [5, 5.41) is 9.10. The van der Waals surface area contributed by atoms with Crippen LogP contribution in [0.5, 0.6) is 0 Å². The molecule has 0 aliphatic heterocycles. The predicted molar refractivity (Wildman–Crippen MR) is 76.8 cm³/mol. The Kier molecular flexibility index (Phi) is 3.99. The lowest BCUT2D eigenvalue weighted by Gasteiger charge is -2.19. The molecule has 0 aliphatic rings. The number of benzene rings is 1. The maximum absolute atomic E-state index is 9.10. The third kappa shape index (κ3) is 3.23. The Morgan fingerprint density at radius 3 is 2.74 bits per heavy atom. The van der Waals surface area contributed by atoms with Gasteiger partial charge >= 0.3 is 0 Å². The fourth-order valence-electron chi connectivity index (χ4n) is 1.91. The molecule has 1 aromatic heterocycles. The van der Waals surface area contributed by atoms with Gasteiger partial charge in [-0.3, -0.25) is 0 Å². The van der Waals surface area contributed by atoms with Crippen molar-refractivity contribution in [1.29, 1.82) is 5.26 Å². The van der Waals surface area contributed by atoms with E-state index in [2.05, 4.69) is 23.2 Å². The van der Waals surface area contributed by atoms with Gasteiger partial charge in [0.1, 0.15) is 11.9 Å². The number of hydrogen-bond donors (Lipinski definition) is 1. The van der Waals surface area contributed by atoms with Crippen LogP contribution in [0.25, 0.3) is 0 Å². The summed E-state index contributed by atoms with van der Waals surface area (Å²) >= 11 is 0. The van der Waals surface area contributed by atoms with Gasteiger partial charge in [-0.1, -0.05) is 30.3 Å². The molecule has 0 saturated heterocycles. The second kappa shape index (κ2) is 5.87. The first kappa shape index (κ1) is 12.9. The molecule has 1 aromatic carbocycles. The summed E-state index contributed by atoms with van der Waals surface area (Å²) in [4.78, 5) is 6.22. The van der Waals surface area contributed by atoms with Crippen LogP contribution in [0.1, 0.15) is 11.1 Å². The van der Waals surface area contributed by atoms with Gasteiger partial charge in [0.2, 0.25) is 0 Å². The van der Waals surface area contributed by atoms with Crippen LogP contribution in [0, 0.1) is 11.3 Å². The fraction of sp³-hybridized carbons (Fsp3) is 0.200. The summed E-state index contributed by atoms with van der Waals surface area (Å²) in [5.41, 5.74) is 7.92. The topological polar surface area (TPSA) is 65.9 Å². The summed E-state index contributed by atoms with van der Waals surface area (Å²) in [6.45, 7) is 0.801. The Balaban J connectivity index is 2.08. The maximum Gasteiger partial charge on any atom is 0.146 e. The molecule has 0 fully saturated rings. The molecule has 1 heterocycles. The molecule has 2 N–H and O–H groups in total. The van der Waals surface area contributed by atoms with Crippen molar-refractivity contribution in [3.8, 4) is 6.07 Å². The number of nitrogens with two attached hydrogens (primary N) is 1. The molecule has 96 valence electrons. The summed E-state index contributed by atoms with van der Waals surface area (Å²) < 4.78 is 0. The normalized spacial score (nSPS) is 9.89. The smallest absolute Gasteiger partial charge is 0.146 e. The molecule has 4 nitrogen and oxygen atoms in total. The summed E-state index contributed by atoms with van der Waals surface area (Å²) in [5.74, 6) is 0.674. The van der Waals surface area contributed by atoms with E-state index in [-0.39, 0.29) is 0 Å². The van der Waals surface area contributed by atoms with Gasteiger partial charge in [-0.2, -0.15) is 5.26 Å². The molecule has 0 bridgehead atoms. The second-order valence-electron chi connectivity index (χ2n) is 4.41. The third-order valence-electron chi connectivity index (χ3n) is 2.95. The van der Waals surface area contributed by atoms with Gasteiger partial charge in [0, 0.05) is 13.6 Å². The van der Waals surface area contributed by atoms with Crippen molar-refractivity contribution >= 4 is 11.5 Å². The van der Waals surface area contributed by atoms with E-state index in [0.717, 1.165) is 13.0 Å². The van der Waals surface area contributed by atoms with Crippen LogP contribution >= 0.6 is 0 Å². The van der Waals surface area contributed by atoms with E-state index in [9.17, 15) is 0 Å². The van der Waals surface area contributed by atoms with Gasteiger partial charge in [0.15, 0.2) is 0 Å². The molecule has 0 unspecified atom stereocenters. The minimum absolute atomic E-state index is 0.510. The van der Waals surface area contributed by atoms with Gasteiger partial charge in [0.25, 0.3) is 0 Å². The van der Waals surface area contributed by atoms with E-state index in [0.29, 0.717) is 17.1 Å². The highest BCUT2D eigenvalue weighted by Gasteiger charge is 2.09. The number of nitrogens with zero attached hydrogens (tertiary/aromatic N) is 3. The minimum atomic E-state index is 0.510. The van der Waals surface area contributed by atoms with Crippen molar-refractivity contribution in [2.75, 3.05) is 24.2 Å². The van der Waals surface area contributed by atoms with E-state index in [1.54, 1.807) is 12.3 Å². The number of pyridine rings is 1. The lowest BCUT2D eigenvalue weighted by molar-refractivity contribution is 0.858. The molecule has 0 amide bonds. The number of nitrogen functional groups attached to an aromatic ring is 1. The van der Waals surface area contributed by atoms with E-state index in [1.165, 1.54) is 5.56 Å². The van der Waals surface area contributed by atoms with Crippen molar-refractivity contribution in [2.45, 2.75) is 6.42 Å². The lowest BCUT2D eigenvalue weighted by atomic mass is 10.1. The van der Waals surface area contributed by atoms with Crippen molar-refractivity contribution < 1.29 is 0 Å². The SMILES string of the molecule is CN(CCc1ccccc1)c1ncc(N)cc1C#N. The third-order valence-corrected chi connectivity index (χ3v) is 2.95. The molecule has 0 aliphatic carbocycles. The maximum atomic E-state index is 9.10. The monoisotopic (exact) mass is 252 g/mol. The molecule has 0 radical (unpaired) electrons. The summed E-state index contributed by atoms with van der Waals surface area (Å²) in [6, 6.07) is 14.0. The highest BCUT2D eigenvalue weighted by atomic mass is 15.2. The first-order valence-corrected chi connectivity index (χ1v) is 6.11. The van der Waals surface area contributed by atoms with Crippen LogP contribution < -0.4 is 10.6 Å². The van der Waals surface area contributed by atoms with E-state index in [1.807, 2.05) is 30.1 Å². The van der Waals surface area contributed by atoms with Crippen molar-refractivity contribution in [3.63, 3.8) is 0 Å². The van der Waals surface area contributed by atoms with Crippen LogP contribution in [0.4, 0.5) is 11.5 Å². The lowest BCUT2D eigenvalue weighted by Crippen LogP contribution is -2.22. The largest absolute Gasteiger partial charge is 0.397 e. The highest BCUT2D eigenvalue weighted by molar-refractivity contribution is 5.58. The molecular weight excluding hydrogens is 236 g/mol. The minimum Gasteiger partial charge on any atom is -0.397 e. The van der Waals surface area contributed by atoms with Crippen molar-refractivity contribution in [2.24, 2.45) is 0 Å². The Bertz CT molecular complexity index is 587. The molecule has 2 rings (SSSR count). The number of nitriles is 1. The van der Waals surface area contributed by atoms with E-state index >= 15 is 0 Å². The van der Waals surface area contributed by atoms with Gasteiger partial charge in [-0.15, -0.1) is 0 Å².